The molecule has 6 heavy (non-hydrogen) atoms. The first kappa shape index (κ1) is 15.7. The van der Waals surface area contributed by atoms with Crippen LogP contribution in [0.5, 0.6) is 0 Å². The van der Waals surface area contributed by atoms with Crippen molar-refractivity contribution in [3.8, 4) is 0 Å². The molecule has 2 N–H and O–H groups in total. The van der Waals surface area contributed by atoms with Gasteiger partial charge in [-0.1, -0.05) is 0 Å². The fraction of sp³-hybridized carbons (Fsp3) is 0. The van der Waals surface area contributed by atoms with Crippen molar-refractivity contribution < 1.29 is 10.0 Å². The van der Waals surface area contributed by atoms with E-state index >= 15 is 0 Å². The van der Waals surface area contributed by atoms with Gasteiger partial charge in [0, 0.05) is 0 Å². The molecule has 0 atom stereocenters. The second-order valence-corrected chi connectivity index (χ2v) is 1.55. The Bertz CT molecular complexity index is 31.8. The zero-order valence-electron chi connectivity index (χ0n) is 2.21. The van der Waals surface area contributed by atoms with Crippen molar-refractivity contribution >= 4 is 73.6 Å². The van der Waals surface area contributed by atoms with Crippen LogP contribution in [0.4, 0.5) is 0 Å². The van der Waals surface area contributed by atoms with E-state index in [-0.39, 0.29) is 53.2 Å². The Morgan fingerprint density at radius 2 is 1.33 bits per heavy atom. The third-order valence-electron chi connectivity index (χ3n) is 0. The molecule has 0 bridgehead atoms. The van der Waals surface area contributed by atoms with Crippen LogP contribution >= 0.6 is 0 Å². The van der Waals surface area contributed by atoms with Crippen LogP contribution in [0.2, 0.25) is 0 Å². The molecule has 0 saturated heterocycles. The third-order valence-corrected chi connectivity index (χ3v) is 0. The minimum atomic E-state index is -3.61. The fourth-order valence-corrected chi connectivity index (χ4v) is 0. The molecule has 0 rings (SSSR count). The van der Waals surface area contributed by atoms with Crippen molar-refractivity contribution in [1.82, 2.24) is 0 Å². The van der Waals surface area contributed by atoms with Gasteiger partial charge >= 0.3 is 83.6 Å². The Kier molecular flexibility index (Phi) is 27.1. The fourth-order valence-electron chi connectivity index (χ4n) is 0. The van der Waals surface area contributed by atoms with Crippen LogP contribution in [-0.2, 0) is 3.10 Å². The summed E-state index contributed by atoms with van der Waals surface area (Å²) in [6, 6.07) is 0. The number of hydrogen-bond donors (Lipinski definition) is 2. The first-order valence-electron chi connectivity index (χ1n) is 0.532. The molecule has 0 unspecified atom stereocenters. The molecule has 0 spiro atoms. The molecule has 0 aromatic carbocycles. The Labute approximate surface area is 82.2 Å². The maximum atomic E-state index is 8.81. The summed E-state index contributed by atoms with van der Waals surface area (Å²) in [4.78, 5) is 0. The predicted octanol–water partition coefficient (Wildman–Crippen LogP) is -3.18. The Morgan fingerprint density at radius 3 is 1.33 bits per heavy atom. The van der Waals surface area contributed by atoms with Crippen molar-refractivity contribution in [3.05, 3.63) is 0 Å². The average molecular weight is 331 g/mol. The van der Waals surface area contributed by atoms with E-state index in [2.05, 4.69) is 0 Å². The van der Waals surface area contributed by atoms with Crippen LogP contribution in [-0.4, -0.2) is 80.5 Å². The van der Waals surface area contributed by atoms with E-state index in [1.165, 1.54) is 0 Å². The average Bonchev–Trinajstić information content (AvgIpc) is 0.811. The van der Waals surface area contributed by atoms with Gasteiger partial charge in [0.1, 0.15) is 0 Å². The van der Waals surface area contributed by atoms with Crippen molar-refractivity contribution in [2.75, 3.05) is 0 Å². The monoisotopic (exact) mass is 336 g/mol. The van der Waals surface area contributed by atoms with Crippen LogP contribution in [0, 0.1) is 0 Å². The Morgan fingerprint density at radius 1 is 1.33 bits per heavy atom. The normalized spacial score (nSPS) is 5.83. The first-order chi connectivity index (χ1) is 1.73. The van der Waals surface area contributed by atoms with E-state index in [9.17, 15) is 0 Å². The summed E-state index contributed by atoms with van der Waals surface area (Å²) in [6.45, 7) is 0. The SMILES string of the molecule is O=[Te](O)O.[NaH].[TeH2]. The minimum absolute atomic E-state index is 0. The molecule has 0 aromatic rings. The summed E-state index contributed by atoms with van der Waals surface area (Å²) in [5.74, 6) is 0. The van der Waals surface area contributed by atoms with Crippen molar-refractivity contribution in [2.45, 2.75) is 0 Å². The molecule has 3 nitrogen and oxygen atoms in total. The quantitative estimate of drug-likeness (QED) is 0.461. The van der Waals surface area contributed by atoms with Gasteiger partial charge in [0.15, 0.2) is 0 Å². The van der Waals surface area contributed by atoms with Gasteiger partial charge in [0.2, 0.25) is 0 Å². The second-order valence-electron chi connectivity index (χ2n) is 0.231. The van der Waals surface area contributed by atoms with Crippen LogP contribution < -0.4 is 0 Å². The van der Waals surface area contributed by atoms with Crippen LogP contribution in [0.1, 0.15) is 0 Å². The molecule has 0 aliphatic rings. The number of hydrogen-bond acceptors (Lipinski definition) is 1. The van der Waals surface area contributed by atoms with Crippen LogP contribution in [0.25, 0.3) is 0 Å². The molecule has 0 aliphatic carbocycles. The topological polar surface area (TPSA) is 57.5 Å². The van der Waals surface area contributed by atoms with E-state index in [0.717, 1.165) is 0 Å². The van der Waals surface area contributed by atoms with Gasteiger partial charge in [-0.2, -0.15) is 0 Å². The van der Waals surface area contributed by atoms with E-state index in [1.54, 1.807) is 0 Å². The summed E-state index contributed by atoms with van der Waals surface area (Å²) in [7, 11) is 0. The Balaban J connectivity index is -0.0000000450. The van der Waals surface area contributed by atoms with Gasteiger partial charge in [0.25, 0.3) is 0 Å². The molecule has 0 fully saturated rings. The van der Waals surface area contributed by atoms with Crippen molar-refractivity contribution in [1.29, 1.82) is 0 Å². The zero-order valence-corrected chi connectivity index (χ0v) is 7.40. The summed E-state index contributed by atoms with van der Waals surface area (Å²) in [5, 5.41) is 0. The van der Waals surface area contributed by atoms with Crippen LogP contribution in [0.15, 0.2) is 0 Å². The molecular formula is H5NaO3Te2. The summed E-state index contributed by atoms with van der Waals surface area (Å²) >= 11 is -3.61. The molecule has 0 amide bonds. The summed E-state index contributed by atoms with van der Waals surface area (Å²) in [5.41, 5.74) is 0. The van der Waals surface area contributed by atoms with E-state index in [4.69, 9.17) is 10.0 Å². The molecule has 0 aromatic heterocycles. The molecule has 0 radical (unpaired) electrons. The first-order valence-corrected chi connectivity index (χ1v) is 3.57. The Hall–Kier alpha value is 2.30. The standard InChI is InChI=1S/Na.H2O3Te.H2Te.H/c;1-4(2)3;;/h;(H2,1,2,3);1H2;. The van der Waals surface area contributed by atoms with E-state index < -0.39 is 20.4 Å². The number of rotatable bonds is 0. The van der Waals surface area contributed by atoms with Gasteiger partial charge in [-0.15, -0.1) is 0 Å². The molecule has 0 heterocycles. The zero-order chi connectivity index (χ0) is 3.58. The maximum absolute atomic E-state index is 8.81. The van der Waals surface area contributed by atoms with Gasteiger partial charge in [-0.25, -0.2) is 0 Å². The molecule has 6 heteroatoms. The van der Waals surface area contributed by atoms with Crippen molar-refractivity contribution in [3.63, 3.8) is 0 Å². The molecule has 36 valence electrons. The van der Waals surface area contributed by atoms with E-state index in [0.29, 0.717) is 0 Å². The van der Waals surface area contributed by atoms with Crippen molar-refractivity contribution in [2.24, 2.45) is 0 Å². The second kappa shape index (κ2) is 10.3. The van der Waals surface area contributed by atoms with Gasteiger partial charge < -0.3 is 0 Å². The predicted molar refractivity (Wildman–Crippen MR) is 26.6 cm³/mol. The summed E-state index contributed by atoms with van der Waals surface area (Å²) < 4.78 is 23.3. The van der Waals surface area contributed by atoms with Crippen LogP contribution in [0.3, 0.4) is 0 Å². The summed E-state index contributed by atoms with van der Waals surface area (Å²) in [6.07, 6.45) is 0. The molecule has 0 aliphatic heterocycles. The van der Waals surface area contributed by atoms with E-state index in [1.807, 2.05) is 0 Å². The molecular weight excluding hydrogens is 326 g/mol. The van der Waals surface area contributed by atoms with Gasteiger partial charge in [-0.05, 0) is 0 Å². The van der Waals surface area contributed by atoms with Gasteiger partial charge in [-0.3, -0.25) is 0 Å². The molecule has 0 saturated carbocycles. The third kappa shape index (κ3) is 33.5. The van der Waals surface area contributed by atoms with Gasteiger partial charge in [0.05, 0.1) is 0 Å².